The molecule has 0 heterocycles. The summed E-state index contributed by atoms with van der Waals surface area (Å²) in [7, 11) is 0. The smallest absolute Gasteiger partial charge is 0.171 e. The van der Waals surface area contributed by atoms with Crippen molar-refractivity contribution in [3.8, 4) is 0 Å². The van der Waals surface area contributed by atoms with Crippen LogP contribution < -0.4 is 10.6 Å². The van der Waals surface area contributed by atoms with Gasteiger partial charge in [0, 0.05) is 10.2 Å². The fourth-order valence-electron chi connectivity index (χ4n) is 2.08. The first-order chi connectivity index (χ1) is 10.1. The van der Waals surface area contributed by atoms with Crippen molar-refractivity contribution in [3.05, 3.63) is 64.1 Å². The first-order valence-corrected chi connectivity index (χ1v) is 8.18. The molecule has 0 spiro atoms. The molecule has 2 N–H and O–H groups in total. The molecule has 21 heavy (non-hydrogen) atoms. The monoisotopic (exact) mass is 362 g/mol. The van der Waals surface area contributed by atoms with E-state index < -0.39 is 0 Å². The molecule has 1 atom stereocenters. The lowest BCUT2D eigenvalue weighted by atomic mass is 10.0. The summed E-state index contributed by atoms with van der Waals surface area (Å²) >= 11 is 8.83. The number of rotatable bonds is 4. The Kier molecular flexibility index (Phi) is 5.76. The highest BCUT2D eigenvalue weighted by atomic mass is 79.9. The molecule has 2 aromatic carbocycles. The summed E-state index contributed by atoms with van der Waals surface area (Å²) < 4.78 is 1.05. The quantitative estimate of drug-likeness (QED) is 0.731. The van der Waals surface area contributed by atoms with E-state index in [9.17, 15) is 0 Å². The number of aryl methyl sites for hydroxylation is 1. The van der Waals surface area contributed by atoms with Crippen LogP contribution in [0, 0.1) is 6.92 Å². The molecule has 0 aliphatic heterocycles. The van der Waals surface area contributed by atoms with Crippen molar-refractivity contribution in [3.63, 3.8) is 0 Å². The number of benzene rings is 2. The molecular weight excluding hydrogens is 344 g/mol. The van der Waals surface area contributed by atoms with E-state index in [4.69, 9.17) is 12.2 Å². The highest BCUT2D eigenvalue weighted by Crippen LogP contribution is 2.18. The van der Waals surface area contributed by atoms with Crippen LogP contribution in [0.3, 0.4) is 0 Å². The summed E-state index contributed by atoms with van der Waals surface area (Å²) in [5.41, 5.74) is 3.50. The Hall–Kier alpha value is -1.39. The summed E-state index contributed by atoms with van der Waals surface area (Å²) in [6, 6.07) is 16.7. The number of halogens is 1. The highest BCUT2D eigenvalue weighted by Gasteiger charge is 2.10. The van der Waals surface area contributed by atoms with Crippen LogP contribution in [0.25, 0.3) is 0 Å². The zero-order chi connectivity index (χ0) is 15.2. The Balaban J connectivity index is 1.99. The fourth-order valence-corrected chi connectivity index (χ4v) is 2.60. The Morgan fingerprint density at radius 3 is 2.29 bits per heavy atom. The molecule has 2 nitrogen and oxygen atoms in total. The van der Waals surface area contributed by atoms with Gasteiger partial charge in [-0.3, -0.25) is 0 Å². The molecule has 4 heteroatoms. The van der Waals surface area contributed by atoms with E-state index in [2.05, 4.69) is 64.7 Å². The Labute approximate surface area is 140 Å². The lowest BCUT2D eigenvalue weighted by Crippen LogP contribution is -2.32. The summed E-state index contributed by atoms with van der Waals surface area (Å²) in [6.45, 7) is 4.25. The molecule has 0 aliphatic rings. The van der Waals surface area contributed by atoms with Crippen molar-refractivity contribution in [2.24, 2.45) is 0 Å². The van der Waals surface area contributed by atoms with Crippen molar-refractivity contribution in [2.45, 2.75) is 26.3 Å². The van der Waals surface area contributed by atoms with Crippen LogP contribution in [0.4, 0.5) is 5.69 Å². The van der Waals surface area contributed by atoms with Crippen LogP contribution in [0.15, 0.2) is 53.0 Å². The van der Waals surface area contributed by atoms with Gasteiger partial charge in [-0.25, -0.2) is 0 Å². The summed E-state index contributed by atoms with van der Waals surface area (Å²) in [5.74, 6) is 0. The molecule has 0 radical (unpaired) electrons. The van der Waals surface area contributed by atoms with Gasteiger partial charge in [-0.05, 0) is 55.4 Å². The maximum atomic E-state index is 5.40. The average Bonchev–Trinajstić information content (AvgIpc) is 2.48. The molecule has 2 rings (SSSR count). The van der Waals surface area contributed by atoms with Gasteiger partial charge in [0.05, 0.1) is 6.04 Å². The predicted molar refractivity (Wildman–Crippen MR) is 97.7 cm³/mol. The van der Waals surface area contributed by atoms with Gasteiger partial charge < -0.3 is 10.6 Å². The number of hydrogen-bond acceptors (Lipinski definition) is 1. The highest BCUT2D eigenvalue weighted by molar-refractivity contribution is 9.10. The second-order valence-corrected chi connectivity index (χ2v) is 6.30. The van der Waals surface area contributed by atoms with Crippen LogP contribution >= 0.6 is 28.1 Å². The molecule has 0 aliphatic carbocycles. The Morgan fingerprint density at radius 2 is 1.71 bits per heavy atom. The molecule has 110 valence electrons. The van der Waals surface area contributed by atoms with Crippen molar-refractivity contribution in [2.75, 3.05) is 5.32 Å². The third kappa shape index (κ3) is 4.83. The topological polar surface area (TPSA) is 24.1 Å². The fraction of sp³-hybridized carbons (Fsp3) is 0.235. The third-order valence-corrected chi connectivity index (χ3v) is 4.04. The van der Waals surface area contributed by atoms with Crippen LogP contribution in [0.5, 0.6) is 0 Å². The maximum absolute atomic E-state index is 5.40. The first kappa shape index (κ1) is 16.0. The van der Waals surface area contributed by atoms with Gasteiger partial charge in [0.2, 0.25) is 0 Å². The van der Waals surface area contributed by atoms with Crippen molar-refractivity contribution in [1.82, 2.24) is 5.32 Å². The molecule has 0 aromatic heterocycles. The van der Waals surface area contributed by atoms with Gasteiger partial charge >= 0.3 is 0 Å². The summed E-state index contributed by atoms with van der Waals surface area (Å²) in [6.07, 6.45) is 0.977. The van der Waals surface area contributed by atoms with E-state index in [0.717, 1.165) is 16.6 Å². The lowest BCUT2D eigenvalue weighted by molar-refractivity contribution is 0.629. The predicted octanol–water partition coefficient (Wildman–Crippen LogP) is 5.20. The molecule has 2 aromatic rings. The van der Waals surface area contributed by atoms with Crippen molar-refractivity contribution < 1.29 is 0 Å². The van der Waals surface area contributed by atoms with Gasteiger partial charge in [0.25, 0.3) is 0 Å². The molecule has 0 unspecified atom stereocenters. The van der Waals surface area contributed by atoms with Crippen LogP contribution in [-0.2, 0) is 0 Å². The van der Waals surface area contributed by atoms with Crippen LogP contribution in [0.1, 0.15) is 30.5 Å². The number of thiocarbonyl (C=S) groups is 1. The minimum absolute atomic E-state index is 0.223. The zero-order valence-electron chi connectivity index (χ0n) is 12.2. The zero-order valence-corrected chi connectivity index (χ0v) is 14.6. The summed E-state index contributed by atoms with van der Waals surface area (Å²) in [5, 5.41) is 7.23. The SMILES string of the molecule is CC[C@H](NC(=S)Nc1ccc(Br)cc1)c1ccc(C)cc1. The van der Waals surface area contributed by atoms with Gasteiger partial charge in [0.1, 0.15) is 0 Å². The first-order valence-electron chi connectivity index (χ1n) is 6.98. The Bertz CT molecular complexity index is 593. The molecular formula is C17H19BrN2S. The third-order valence-electron chi connectivity index (χ3n) is 3.30. The molecule has 0 amide bonds. The van der Waals surface area contributed by atoms with E-state index in [1.807, 2.05) is 24.3 Å². The van der Waals surface area contributed by atoms with Gasteiger partial charge in [0.15, 0.2) is 5.11 Å². The van der Waals surface area contributed by atoms with Crippen molar-refractivity contribution >= 4 is 38.9 Å². The van der Waals surface area contributed by atoms with E-state index in [-0.39, 0.29) is 6.04 Å². The van der Waals surface area contributed by atoms with Gasteiger partial charge in [-0.2, -0.15) is 0 Å². The van der Waals surface area contributed by atoms with E-state index >= 15 is 0 Å². The number of nitrogens with one attached hydrogen (secondary N) is 2. The number of hydrogen-bond donors (Lipinski definition) is 2. The van der Waals surface area contributed by atoms with E-state index in [1.165, 1.54) is 11.1 Å². The van der Waals surface area contributed by atoms with Gasteiger partial charge in [-0.1, -0.05) is 52.7 Å². The van der Waals surface area contributed by atoms with Crippen LogP contribution in [-0.4, -0.2) is 5.11 Å². The minimum Gasteiger partial charge on any atom is -0.356 e. The average molecular weight is 363 g/mol. The Morgan fingerprint density at radius 1 is 1.10 bits per heavy atom. The maximum Gasteiger partial charge on any atom is 0.171 e. The van der Waals surface area contributed by atoms with Crippen LogP contribution in [0.2, 0.25) is 0 Å². The normalized spacial score (nSPS) is 11.8. The van der Waals surface area contributed by atoms with Crippen molar-refractivity contribution in [1.29, 1.82) is 0 Å². The van der Waals surface area contributed by atoms with E-state index in [1.54, 1.807) is 0 Å². The lowest BCUT2D eigenvalue weighted by Gasteiger charge is -2.20. The summed E-state index contributed by atoms with van der Waals surface area (Å²) in [4.78, 5) is 0. The second kappa shape index (κ2) is 7.57. The largest absolute Gasteiger partial charge is 0.356 e. The molecule has 0 saturated carbocycles. The second-order valence-electron chi connectivity index (χ2n) is 4.98. The molecule has 0 saturated heterocycles. The molecule has 0 bridgehead atoms. The standard InChI is InChI=1S/C17H19BrN2S/c1-3-16(13-6-4-12(2)5-7-13)20-17(21)19-15-10-8-14(18)9-11-15/h4-11,16H,3H2,1-2H3,(H2,19,20,21)/t16-/m0/s1. The van der Waals surface area contributed by atoms with Gasteiger partial charge in [-0.15, -0.1) is 0 Å². The van der Waals surface area contributed by atoms with E-state index in [0.29, 0.717) is 5.11 Å². The number of anilines is 1. The molecule has 0 fully saturated rings. The minimum atomic E-state index is 0.223.